The van der Waals surface area contributed by atoms with Crippen molar-refractivity contribution >= 4 is 0 Å². The molecule has 0 aromatic heterocycles. The molecule has 88 valence electrons. The second-order valence-corrected chi connectivity index (χ2v) is 5.32. The molecule has 1 aliphatic heterocycles. The molecule has 0 radical (unpaired) electrons. The molecule has 1 aromatic rings. The van der Waals surface area contributed by atoms with Gasteiger partial charge in [0.15, 0.2) is 0 Å². The molecule has 1 fully saturated rings. The molecule has 2 nitrogen and oxygen atoms in total. The van der Waals surface area contributed by atoms with Crippen LogP contribution in [0.15, 0.2) is 18.2 Å². The highest BCUT2D eigenvalue weighted by atomic mass is 16.5. The van der Waals surface area contributed by atoms with E-state index in [-0.39, 0.29) is 5.41 Å². The average molecular weight is 227 g/mol. The van der Waals surface area contributed by atoms with Crippen molar-refractivity contribution in [3.05, 3.63) is 29.3 Å². The van der Waals surface area contributed by atoms with Crippen molar-refractivity contribution in [3.63, 3.8) is 0 Å². The monoisotopic (exact) mass is 227 g/mol. The van der Waals surface area contributed by atoms with Crippen LogP contribution in [0.25, 0.3) is 0 Å². The summed E-state index contributed by atoms with van der Waals surface area (Å²) in [6.45, 7) is 0.842. The van der Waals surface area contributed by atoms with Gasteiger partial charge in [0.25, 0.3) is 0 Å². The summed E-state index contributed by atoms with van der Waals surface area (Å²) >= 11 is 0. The minimum atomic E-state index is -0.0657. The van der Waals surface area contributed by atoms with Crippen molar-refractivity contribution in [1.29, 1.82) is 5.26 Å². The Hall–Kier alpha value is -1.49. The van der Waals surface area contributed by atoms with E-state index >= 15 is 0 Å². The van der Waals surface area contributed by atoms with Gasteiger partial charge in [-0.05, 0) is 49.3 Å². The lowest BCUT2D eigenvalue weighted by Gasteiger charge is -2.35. The van der Waals surface area contributed by atoms with E-state index < -0.39 is 0 Å². The smallest absolute Gasteiger partial charge is 0.122 e. The van der Waals surface area contributed by atoms with Crippen LogP contribution in [0.1, 0.15) is 36.8 Å². The van der Waals surface area contributed by atoms with Crippen LogP contribution >= 0.6 is 0 Å². The Bertz CT molecular complexity index is 468. The number of benzene rings is 1. The van der Waals surface area contributed by atoms with Gasteiger partial charge in [0.2, 0.25) is 0 Å². The molecule has 3 rings (SSSR count). The van der Waals surface area contributed by atoms with E-state index in [1.807, 2.05) is 0 Å². The molecular formula is C15H17NO. The number of aryl methyl sites for hydroxylation is 1. The van der Waals surface area contributed by atoms with E-state index in [1.165, 1.54) is 17.5 Å². The van der Waals surface area contributed by atoms with Crippen molar-refractivity contribution in [2.45, 2.75) is 38.5 Å². The van der Waals surface area contributed by atoms with Crippen molar-refractivity contribution in [2.24, 2.45) is 5.41 Å². The van der Waals surface area contributed by atoms with Gasteiger partial charge < -0.3 is 4.74 Å². The van der Waals surface area contributed by atoms with E-state index in [4.69, 9.17) is 4.74 Å². The highest BCUT2D eigenvalue weighted by molar-refractivity contribution is 5.39. The Morgan fingerprint density at radius 2 is 2.18 bits per heavy atom. The Morgan fingerprint density at radius 1 is 1.29 bits per heavy atom. The summed E-state index contributed by atoms with van der Waals surface area (Å²) < 4.78 is 5.61. The minimum Gasteiger partial charge on any atom is -0.493 e. The molecule has 1 saturated carbocycles. The zero-order valence-corrected chi connectivity index (χ0v) is 10.0. The first kappa shape index (κ1) is 10.7. The van der Waals surface area contributed by atoms with E-state index in [1.54, 1.807) is 0 Å². The van der Waals surface area contributed by atoms with E-state index in [9.17, 15) is 5.26 Å². The maximum absolute atomic E-state index is 9.26. The van der Waals surface area contributed by atoms with Crippen molar-refractivity contribution in [2.75, 3.05) is 6.61 Å². The van der Waals surface area contributed by atoms with Gasteiger partial charge >= 0.3 is 0 Å². The lowest BCUT2D eigenvalue weighted by atomic mass is 9.66. The van der Waals surface area contributed by atoms with Gasteiger partial charge in [-0.1, -0.05) is 18.6 Å². The van der Waals surface area contributed by atoms with E-state index in [0.717, 1.165) is 44.5 Å². The van der Waals surface area contributed by atoms with Gasteiger partial charge in [-0.15, -0.1) is 0 Å². The molecule has 2 aliphatic rings. The van der Waals surface area contributed by atoms with Crippen LogP contribution in [-0.2, 0) is 12.8 Å². The fourth-order valence-corrected chi connectivity index (χ4v) is 2.85. The Labute approximate surface area is 102 Å². The topological polar surface area (TPSA) is 33.0 Å². The number of nitrogens with zero attached hydrogens (tertiary/aromatic N) is 1. The fraction of sp³-hybridized carbons (Fsp3) is 0.533. The van der Waals surface area contributed by atoms with Crippen molar-refractivity contribution in [3.8, 4) is 11.8 Å². The summed E-state index contributed by atoms with van der Waals surface area (Å²) in [7, 11) is 0. The van der Waals surface area contributed by atoms with Gasteiger partial charge in [0, 0.05) is 0 Å². The third kappa shape index (κ3) is 1.91. The van der Waals surface area contributed by atoms with Crippen LogP contribution in [0.5, 0.6) is 5.75 Å². The first-order chi connectivity index (χ1) is 8.31. The van der Waals surface area contributed by atoms with Crippen LogP contribution in [-0.4, -0.2) is 6.61 Å². The maximum atomic E-state index is 9.26. The summed E-state index contributed by atoms with van der Waals surface area (Å²) in [4.78, 5) is 0. The molecule has 1 aliphatic carbocycles. The molecular weight excluding hydrogens is 210 g/mol. The summed E-state index contributed by atoms with van der Waals surface area (Å²) in [5.41, 5.74) is 2.56. The highest BCUT2D eigenvalue weighted by Crippen LogP contribution is 2.43. The zero-order chi connectivity index (χ0) is 11.7. The van der Waals surface area contributed by atoms with Crippen molar-refractivity contribution < 1.29 is 4.74 Å². The predicted molar refractivity (Wildman–Crippen MR) is 65.9 cm³/mol. The highest BCUT2D eigenvalue weighted by Gasteiger charge is 2.37. The standard InChI is InChI=1S/C15H17NO/c16-11-15(6-2-7-15)10-12-4-5-14-13(9-12)3-1-8-17-14/h4-5,9H,1-3,6-8,10H2. The van der Waals surface area contributed by atoms with Crippen LogP contribution in [0, 0.1) is 16.7 Å². The van der Waals surface area contributed by atoms with Gasteiger partial charge in [-0.2, -0.15) is 5.26 Å². The molecule has 1 heterocycles. The maximum Gasteiger partial charge on any atom is 0.122 e. The second-order valence-electron chi connectivity index (χ2n) is 5.32. The molecule has 0 bridgehead atoms. The van der Waals surface area contributed by atoms with E-state index in [0.29, 0.717) is 0 Å². The average Bonchev–Trinajstić information content (AvgIpc) is 2.34. The van der Waals surface area contributed by atoms with Crippen LogP contribution in [0.2, 0.25) is 0 Å². The number of hydrogen-bond donors (Lipinski definition) is 0. The Balaban J connectivity index is 1.82. The van der Waals surface area contributed by atoms with Crippen LogP contribution < -0.4 is 4.74 Å². The number of ether oxygens (including phenoxy) is 1. The van der Waals surface area contributed by atoms with Gasteiger partial charge in [0.05, 0.1) is 18.1 Å². The Morgan fingerprint density at radius 3 is 2.88 bits per heavy atom. The SMILES string of the molecule is N#CC1(Cc2ccc3c(c2)CCCO3)CCC1. The molecule has 0 saturated heterocycles. The molecule has 1 aromatic carbocycles. The van der Waals surface area contributed by atoms with Crippen LogP contribution in [0.3, 0.4) is 0 Å². The second kappa shape index (κ2) is 4.07. The first-order valence-electron chi connectivity index (χ1n) is 6.47. The molecule has 17 heavy (non-hydrogen) atoms. The van der Waals surface area contributed by atoms with E-state index in [2.05, 4.69) is 24.3 Å². The minimum absolute atomic E-state index is 0.0657. The largest absolute Gasteiger partial charge is 0.493 e. The molecule has 2 heteroatoms. The Kier molecular flexibility index (Phi) is 2.55. The molecule has 0 spiro atoms. The third-order valence-electron chi connectivity index (χ3n) is 4.06. The van der Waals surface area contributed by atoms with Crippen LogP contribution in [0.4, 0.5) is 0 Å². The molecule has 0 amide bonds. The number of hydrogen-bond acceptors (Lipinski definition) is 2. The fourth-order valence-electron chi connectivity index (χ4n) is 2.85. The summed E-state index contributed by atoms with van der Waals surface area (Å²) in [6, 6.07) is 8.96. The number of rotatable bonds is 2. The molecule has 0 N–H and O–H groups in total. The zero-order valence-electron chi connectivity index (χ0n) is 10.0. The summed E-state index contributed by atoms with van der Waals surface area (Å²) in [5.74, 6) is 1.04. The third-order valence-corrected chi connectivity index (χ3v) is 4.06. The van der Waals surface area contributed by atoms with Crippen molar-refractivity contribution in [1.82, 2.24) is 0 Å². The number of fused-ring (bicyclic) bond motifs is 1. The van der Waals surface area contributed by atoms with Gasteiger partial charge in [-0.25, -0.2) is 0 Å². The molecule has 0 unspecified atom stereocenters. The lowest BCUT2D eigenvalue weighted by molar-refractivity contribution is 0.214. The van der Waals surface area contributed by atoms with Gasteiger partial charge in [0.1, 0.15) is 5.75 Å². The summed E-state index contributed by atoms with van der Waals surface area (Å²) in [5, 5.41) is 9.26. The first-order valence-corrected chi connectivity index (χ1v) is 6.47. The number of nitriles is 1. The quantitative estimate of drug-likeness (QED) is 0.777. The predicted octanol–water partition coefficient (Wildman–Crippen LogP) is 3.25. The lowest BCUT2D eigenvalue weighted by Crippen LogP contribution is -2.29. The summed E-state index contributed by atoms with van der Waals surface area (Å²) in [6.07, 6.45) is 6.48. The molecule has 0 atom stereocenters. The normalized spacial score (nSPS) is 20.6. The van der Waals surface area contributed by atoms with Gasteiger partial charge in [-0.3, -0.25) is 0 Å².